The monoisotopic (exact) mass is 218 g/mol. The van der Waals surface area contributed by atoms with Crippen molar-refractivity contribution in [1.29, 1.82) is 0 Å². The molecule has 1 rings (SSSR count). The van der Waals surface area contributed by atoms with Crippen molar-refractivity contribution in [3.63, 3.8) is 0 Å². The minimum atomic E-state index is -0.389. The van der Waals surface area contributed by atoms with Gasteiger partial charge in [0.15, 0.2) is 0 Å². The molecule has 0 aliphatic heterocycles. The standard InChI is InChI=1S/C7H8BrFN2/c1-5(9)3-11-4-7(8)6(2)10-11/h4H,1,3H2,2H3. The number of aryl methyl sites for hydroxylation is 1. The van der Waals surface area contributed by atoms with Crippen LogP contribution in [-0.4, -0.2) is 9.78 Å². The Morgan fingerprint density at radius 3 is 2.91 bits per heavy atom. The van der Waals surface area contributed by atoms with E-state index in [1.807, 2.05) is 6.92 Å². The Labute approximate surface area is 72.8 Å². The second-order valence-electron chi connectivity index (χ2n) is 2.28. The molecule has 0 N–H and O–H groups in total. The van der Waals surface area contributed by atoms with Gasteiger partial charge in [0, 0.05) is 6.20 Å². The van der Waals surface area contributed by atoms with Gasteiger partial charge in [0.25, 0.3) is 0 Å². The van der Waals surface area contributed by atoms with Gasteiger partial charge in [-0.05, 0) is 22.9 Å². The molecule has 1 heterocycles. The summed E-state index contributed by atoms with van der Waals surface area (Å²) in [5.74, 6) is -0.389. The summed E-state index contributed by atoms with van der Waals surface area (Å²) in [5.41, 5.74) is 0.853. The number of rotatable bonds is 2. The topological polar surface area (TPSA) is 17.8 Å². The number of hydrogen-bond acceptors (Lipinski definition) is 1. The molecule has 0 unspecified atom stereocenters. The van der Waals surface area contributed by atoms with Crippen LogP contribution in [0.25, 0.3) is 0 Å². The third-order valence-corrected chi connectivity index (χ3v) is 2.00. The average molecular weight is 219 g/mol. The van der Waals surface area contributed by atoms with Crippen LogP contribution >= 0.6 is 15.9 Å². The summed E-state index contributed by atoms with van der Waals surface area (Å²) >= 11 is 3.27. The number of hydrogen-bond donors (Lipinski definition) is 0. The molecule has 0 aliphatic carbocycles. The number of allylic oxidation sites excluding steroid dienone is 1. The van der Waals surface area contributed by atoms with E-state index in [0.717, 1.165) is 10.2 Å². The largest absolute Gasteiger partial charge is 0.265 e. The molecule has 4 heteroatoms. The van der Waals surface area contributed by atoms with Crippen LogP contribution in [0, 0.1) is 6.92 Å². The van der Waals surface area contributed by atoms with E-state index in [9.17, 15) is 4.39 Å². The lowest BCUT2D eigenvalue weighted by Crippen LogP contribution is -1.97. The van der Waals surface area contributed by atoms with Crippen molar-refractivity contribution in [3.05, 3.63) is 28.8 Å². The normalized spacial score (nSPS) is 10.1. The Morgan fingerprint density at radius 2 is 2.55 bits per heavy atom. The first kappa shape index (κ1) is 8.46. The van der Waals surface area contributed by atoms with Crippen molar-refractivity contribution in [2.24, 2.45) is 0 Å². The first-order valence-corrected chi connectivity index (χ1v) is 3.91. The fourth-order valence-electron chi connectivity index (χ4n) is 0.750. The van der Waals surface area contributed by atoms with Gasteiger partial charge in [0.2, 0.25) is 0 Å². The highest BCUT2D eigenvalue weighted by molar-refractivity contribution is 9.10. The molecule has 0 atom stereocenters. The van der Waals surface area contributed by atoms with E-state index in [2.05, 4.69) is 27.6 Å². The highest BCUT2D eigenvalue weighted by Gasteiger charge is 2.01. The third kappa shape index (κ3) is 2.15. The van der Waals surface area contributed by atoms with E-state index < -0.39 is 0 Å². The van der Waals surface area contributed by atoms with Gasteiger partial charge in [0.05, 0.1) is 16.7 Å². The molecule has 11 heavy (non-hydrogen) atoms. The number of halogens is 2. The van der Waals surface area contributed by atoms with Crippen molar-refractivity contribution in [1.82, 2.24) is 9.78 Å². The highest BCUT2D eigenvalue weighted by Crippen LogP contribution is 2.13. The van der Waals surface area contributed by atoms with Gasteiger partial charge < -0.3 is 0 Å². The summed E-state index contributed by atoms with van der Waals surface area (Å²) in [4.78, 5) is 0. The van der Waals surface area contributed by atoms with Crippen molar-refractivity contribution in [2.75, 3.05) is 0 Å². The van der Waals surface area contributed by atoms with Crippen LogP contribution in [0.15, 0.2) is 23.1 Å². The quantitative estimate of drug-likeness (QED) is 0.746. The molecule has 0 amide bonds. The van der Waals surface area contributed by atoms with Crippen molar-refractivity contribution < 1.29 is 4.39 Å². The molecular formula is C7H8BrFN2. The molecule has 2 nitrogen and oxygen atoms in total. The van der Waals surface area contributed by atoms with Gasteiger partial charge in [-0.25, -0.2) is 4.39 Å². The molecule has 0 aromatic carbocycles. The second kappa shape index (κ2) is 3.17. The number of nitrogens with zero attached hydrogens (tertiary/aromatic N) is 2. The van der Waals surface area contributed by atoms with E-state index in [0.29, 0.717) is 0 Å². The van der Waals surface area contributed by atoms with E-state index >= 15 is 0 Å². The Kier molecular flexibility index (Phi) is 2.44. The Bertz CT molecular complexity index is 260. The lowest BCUT2D eigenvalue weighted by Gasteiger charge is -1.94. The van der Waals surface area contributed by atoms with Crippen LogP contribution in [0.2, 0.25) is 0 Å². The lowest BCUT2D eigenvalue weighted by atomic mass is 10.5. The molecule has 1 aromatic heterocycles. The molecule has 0 fully saturated rings. The van der Waals surface area contributed by atoms with E-state index in [1.165, 1.54) is 4.68 Å². The molecule has 0 aliphatic rings. The lowest BCUT2D eigenvalue weighted by molar-refractivity contribution is 0.530. The summed E-state index contributed by atoms with van der Waals surface area (Å²) in [7, 11) is 0. The summed E-state index contributed by atoms with van der Waals surface area (Å²) in [6.45, 7) is 5.13. The summed E-state index contributed by atoms with van der Waals surface area (Å²) in [6, 6.07) is 0. The van der Waals surface area contributed by atoms with Gasteiger partial charge in [0.1, 0.15) is 5.83 Å². The maximum Gasteiger partial charge on any atom is 0.114 e. The first-order chi connectivity index (χ1) is 5.09. The van der Waals surface area contributed by atoms with Gasteiger partial charge in [-0.15, -0.1) is 0 Å². The van der Waals surface area contributed by atoms with Crippen LogP contribution in [0.5, 0.6) is 0 Å². The summed E-state index contributed by atoms with van der Waals surface area (Å²) < 4.78 is 14.6. The molecule has 0 bridgehead atoms. The smallest absolute Gasteiger partial charge is 0.114 e. The fourth-order valence-corrected chi connectivity index (χ4v) is 1.07. The zero-order chi connectivity index (χ0) is 8.43. The van der Waals surface area contributed by atoms with Gasteiger partial charge in [-0.3, -0.25) is 4.68 Å². The minimum Gasteiger partial charge on any atom is -0.265 e. The summed E-state index contributed by atoms with van der Waals surface area (Å²) in [6.07, 6.45) is 1.72. The Balaban J connectivity index is 2.81. The Morgan fingerprint density at radius 1 is 1.91 bits per heavy atom. The van der Waals surface area contributed by atoms with Crippen molar-refractivity contribution in [3.8, 4) is 0 Å². The summed E-state index contributed by atoms with van der Waals surface area (Å²) in [5, 5.41) is 4.02. The number of aromatic nitrogens is 2. The average Bonchev–Trinajstić information content (AvgIpc) is 2.10. The molecule has 0 spiro atoms. The molecule has 0 radical (unpaired) electrons. The highest BCUT2D eigenvalue weighted by atomic mass is 79.9. The SMILES string of the molecule is C=C(F)Cn1cc(Br)c(C)n1. The third-order valence-electron chi connectivity index (χ3n) is 1.22. The predicted molar refractivity (Wildman–Crippen MR) is 44.9 cm³/mol. The van der Waals surface area contributed by atoms with Gasteiger partial charge in [-0.2, -0.15) is 5.10 Å². The zero-order valence-electron chi connectivity index (χ0n) is 6.14. The Hall–Kier alpha value is -0.640. The van der Waals surface area contributed by atoms with Crippen molar-refractivity contribution in [2.45, 2.75) is 13.5 Å². The molecule has 0 saturated carbocycles. The zero-order valence-corrected chi connectivity index (χ0v) is 7.73. The first-order valence-electron chi connectivity index (χ1n) is 3.12. The fraction of sp³-hybridized carbons (Fsp3) is 0.286. The van der Waals surface area contributed by atoms with Crippen LogP contribution in [0.3, 0.4) is 0 Å². The van der Waals surface area contributed by atoms with Crippen LogP contribution in [0.1, 0.15) is 5.69 Å². The van der Waals surface area contributed by atoms with Crippen LogP contribution in [0.4, 0.5) is 4.39 Å². The molecule has 0 saturated heterocycles. The predicted octanol–water partition coefficient (Wildman–Crippen LogP) is 2.44. The molecule has 60 valence electrons. The van der Waals surface area contributed by atoms with Gasteiger partial charge >= 0.3 is 0 Å². The second-order valence-corrected chi connectivity index (χ2v) is 3.13. The van der Waals surface area contributed by atoms with Crippen molar-refractivity contribution >= 4 is 15.9 Å². The van der Waals surface area contributed by atoms with E-state index in [1.54, 1.807) is 6.20 Å². The van der Waals surface area contributed by atoms with Gasteiger partial charge in [-0.1, -0.05) is 6.58 Å². The molecular weight excluding hydrogens is 211 g/mol. The maximum absolute atomic E-state index is 12.3. The van der Waals surface area contributed by atoms with E-state index in [4.69, 9.17) is 0 Å². The maximum atomic E-state index is 12.3. The minimum absolute atomic E-state index is 0.131. The molecule has 1 aromatic rings. The van der Waals surface area contributed by atoms with E-state index in [-0.39, 0.29) is 12.4 Å². The van der Waals surface area contributed by atoms with Crippen LogP contribution in [-0.2, 0) is 6.54 Å². The van der Waals surface area contributed by atoms with Crippen LogP contribution < -0.4 is 0 Å².